The average molecular weight is 581 g/mol. The molecule has 2 N–H and O–H groups in total. The quantitative estimate of drug-likeness (QED) is 0.284. The highest BCUT2D eigenvalue weighted by molar-refractivity contribution is 7.86. The van der Waals surface area contributed by atoms with Crippen molar-refractivity contribution in [2.45, 2.75) is 19.4 Å². The summed E-state index contributed by atoms with van der Waals surface area (Å²) in [5.74, 6) is 0.146. The molecule has 1 aromatic heterocycles. The van der Waals surface area contributed by atoms with Crippen LogP contribution in [0.1, 0.15) is 17.8 Å². The van der Waals surface area contributed by atoms with E-state index < -0.39 is 31.7 Å². The zero-order chi connectivity index (χ0) is 25.4. The van der Waals surface area contributed by atoms with Gasteiger partial charge >= 0.3 is 0 Å². The fourth-order valence-electron chi connectivity index (χ4n) is 3.74. The third kappa shape index (κ3) is 6.64. The molecule has 0 atom stereocenters. The van der Waals surface area contributed by atoms with E-state index in [0.29, 0.717) is 33.9 Å². The lowest BCUT2D eigenvalue weighted by atomic mass is 10.2. The van der Waals surface area contributed by atoms with Gasteiger partial charge in [0.15, 0.2) is 12.3 Å². The molecule has 0 bridgehead atoms. The van der Waals surface area contributed by atoms with Crippen molar-refractivity contribution in [2.24, 2.45) is 0 Å². The van der Waals surface area contributed by atoms with Crippen LogP contribution >= 0.6 is 34.5 Å². The number of benzene rings is 2. The zero-order valence-corrected chi connectivity index (χ0v) is 22.1. The highest BCUT2D eigenvalue weighted by Crippen LogP contribution is 2.41. The summed E-state index contributed by atoms with van der Waals surface area (Å²) in [5.41, 5.74) is 1.45. The van der Waals surface area contributed by atoms with Crippen molar-refractivity contribution in [1.29, 1.82) is 0 Å². The van der Waals surface area contributed by atoms with Crippen LogP contribution in [-0.4, -0.2) is 44.0 Å². The number of ether oxygens (including phenoxy) is 1. The number of aryl methyl sites for hydroxylation is 1. The van der Waals surface area contributed by atoms with Crippen molar-refractivity contribution < 1.29 is 35.2 Å². The van der Waals surface area contributed by atoms with E-state index in [9.17, 15) is 16.8 Å². The first kappa shape index (κ1) is 26.1. The molecule has 2 aromatic carbocycles. The van der Waals surface area contributed by atoms with Gasteiger partial charge in [0.25, 0.3) is 25.2 Å². The molecular formula is C21H21Cl2N2O7S3+. The molecule has 4 rings (SSSR count). The van der Waals surface area contributed by atoms with Crippen molar-refractivity contribution in [3.63, 3.8) is 0 Å². The fraction of sp³-hybridized carbons (Fsp3) is 0.286. The second-order valence-electron chi connectivity index (χ2n) is 7.83. The Labute approximate surface area is 216 Å². The largest absolute Gasteiger partial charge is 0.438 e. The minimum atomic E-state index is -4.13. The number of fused-ring (bicyclic) bond motifs is 2. The summed E-state index contributed by atoms with van der Waals surface area (Å²) in [6, 6.07) is 10.5. The van der Waals surface area contributed by atoms with Gasteiger partial charge in [-0.15, -0.1) is 0 Å². The molecule has 0 fully saturated rings. The SMILES string of the molecule is O=S(=O)(O)CCCN1C(=Cc2sc3ccc(Cl)cc3[n+]2CCCS(=O)(=O)O)Oc2ccc(Cl)cc21. The summed E-state index contributed by atoms with van der Waals surface area (Å²) in [6.45, 7) is 0.527. The number of hydrogen-bond acceptors (Lipinski definition) is 7. The molecule has 0 aliphatic carbocycles. The Bertz CT molecular complexity index is 1520. The molecule has 0 radical (unpaired) electrons. The molecule has 0 saturated heterocycles. The summed E-state index contributed by atoms with van der Waals surface area (Å²) < 4.78 is 72.0. The van der Waals surface area contributed by atoms with Crippen LogP contribution in [0.4, 0.5) is 5.69 Å². The number of nitrogens with zero attached hydrogens (tertiary/aromatic N) is 2. The van der Waals surface area contributed by atoms with Crippen LogP contribution in [0.3, 0.4) is 0 Å². The summed E-state index contributed by atoms with van der Waals surface area (Å²) in [4.78, 5) is 1.77. The molecule has 0 spiro atoms. The van der Waals surface area contributed by atoms with Crippen molar-refractivity contribution in [1.82, 2.24) is 0 Å². The molecule has 35 heavy (non-hydrogen) atoms. The maximum atomic E-state index is 11.2. The third-order valence-corrected chi connectivity index (χ3v) is 8.39. The molecular weight excluding hydrogens is 559 g/mol. The van der Waals surface area contributed by atoms with E-state index in [2.05, 4.69) is 0 Å². The summed E-state index contributed by atoms with van der Waals surface area (Å²) in [7, 11) is -8.24. The van der Waals surface area contributed by atoms with Gasteiger partial charge in [0.1, 0.15) is 4.70 Å². The van der Waals surface area contributed by atoms with E-state index in [1.54, 1.807) is 41.3 Å². The van der Waals surface area contributed by atoms with Crippen molar-refractivity contribution in [3.8, 4) is 5.75 Å². The Morgan fingerprint density at radius 1 is 0.971 bits per heavy atom. The Morgan fingerprint density at radius 3 is 2.34 bits per heavy atom. The van der Waals surface area contributed by atoms with E-state index in [0.717, 1.165) is 15.2 Å². The second-order valence-corrected chi connectivity index (χ2v) is 12.9. The Hall–Kier alpha value is -1.93. The fourth-order valence-corrected chi connectivity index (χ4v) is 6.16. The maximum Gasteiger partial charge on any atom is 0.268 e. The predicted octanol–water partition coefficient (Wildman–Crippen LogP) is 4.25. The van der Waals surface area contributed by atoms with Gasteiger partial charge in [0.2, 0.25) is 11.4 Å². The molecule has 0 unspecified atom stereocenters. The predicted molar refractivity (Wildman–Crippen MR) is 136 cm³/mol. The summed E-state index contributed by atoms with van der Waals surface area (Å²) in [6.07, 6.45) is 2.09. The Balaban J connectivity index is 1.73. The Kier molecular flexibility index (Phi) is 7.62. The number of anilines is 1. The number of aromatic nitrogens is 1. The number of rotatable bonds is 9. The van der Waals surface area contributed by atoms with Crippen molar-refractivity contribution in [3.05, 3.63) is 57.3 Å². The monoisotopic (exact) mass is 579 g/mol. The first-order chi connectivity index (χ1) is 16.4. The Morgan fingerprint density at radius 2 is 1.63 bits per heavy atom. The molecule has 2 heterocycles. The molecule has 188 valence electrons. The van der Waals surface area contributed by atoms with Gasteiger partial charge in [-0.05, 0) is 36.8 Å². The normalized spacial score (nSPS) is 15.1. The molecule has 1 aliphatic rings. The number of hydrogen-bond donors (Lipinski definition) is 2. The van der Waals surface area contributed by atoms with Gasteiger partial charge in [-0.2, -0.15) is 21.4 Å². The first-order valence-corrected chi connectivity index (χ1v) is 15.2. The van der Waals surface area contributed by atoms with Crippen LogP contribution in [0.25, 0.3) is 16.3 Å². The van der Waals surface area contributed by atoms with E-state index >= 15 is 0 Å². The van der Waals surface area contributed by atoms with Crippen molar-refractivity contribution >= 4 is 76.8 Å². The zero-order valence-electron chi connectivity index (χ0n) is 18.1. The average Bonchev–Trinajstić information content (AvgIpc) is 3.24. The van der Waals surface area contributed by atoms with Crippen LogP contribution < -0.4 is 14.2 Å². The summed E-state index contributed by atoms with van der Waals surface area (Å²) in [5, 5.41) is 1.72. The van der Waals surface area contributed by atoms with Crippen LogP contribution in [0.2, 0.25) is 10.0 Å². The van der Waals surface area contributed by atoms with Crippen LogP contribution in [0.15, 0.2) is 42.3 Å². The lowest BCUT2D eigenvalue weighted by molar-refractivity contribution is -0.668. The van der Waals surface area contributed by atoms with E-state index in [1.165, 1.54) is 11.3 Å². The van der Waals surface area contributed by atoms with Gasteiger partial charge in [-0.25, -0.2) is 0 Å². The van der Waals surface area contributed by atoms with Gasteiger partial charge in [-0.3, -0.25) is 9.11 Å². The maximum absolute atomic E-state index is 11.2. The molecule has 0 saturated carbocycles. The van der Waals surface area contributed by atoms with Crippen LogP contribution in [-0.2, 0) is 26.8 Å². The molecule has 3 aromatic rings. The van der Waals surface area contributed by atoms with E-state index in [4.69, 9.17) is 37.0 Å². The van der Waals surface area contributed by atoms with Gasteiger partial charge in [0.05, 0.1) is 23.3 Å². The number of thiazole rings is 1. The molecule has 1 aliphatic heterocycles. The standard InChI is InChI=1S/C21H20Cl2N2O7S3/c22-14-3-5-18-16(11-14)24(7-1-9-34(26,27)28)20(32-18)13-21-25(8-2-10-35(29,30)31)17-12-15(23)4-6-19(17)33-21/h3-6,11-13H,1-2,7-10H2,(H-,26,27,28,29,30,31)/p+1. The van der Waals surface area contributed by atoms with Crippen LogP contribution in [0, 0.1) is 0 Å². The lowest BCUT2D eigenvalue weighted by Gasteiger charge is -2.17. The van der Waals surface area contributed by atoms with Crippen LogP contribution in [0.5, 0.6) is 5.75 Å². The summed E-state index contributed by atoms with van der Waals surface area (Å²) >= 11 is 13.8. The third-order valence-electron chi connectivity index (χ3n) is 5.20. The molecule has 9 nitrogen and oxygen atoms in total. The number of halogens is 2. The van der Waals surface area contributed by atoms with Gasteiger partial charge < -0.3 is 9.64 Å². The first-order valence-electron chi connectivity index (χ1n) is 10.4. The highest BCUT2D eigenvalue weighted by atomic mass is 35.5. The van der Waals surface area contributed by atoms with E-state index in [-0.39, 0.29) is 19.4 Å². The topological polar surface area (TPSA) is 125 Å². The smallest absolute Gasteiger partial charge is 0.268 e. The van der Waals surface area contributed by atoms with Gasteiger partial charge in [0, 0.05) is 29.1 Å². The lowest BCUT2D eigenvalue weighted by Crippen LogP contribution is -2.36. The van der Waals surface area contributed by atoms with Crippen molar-refractivity contribution in [2.75, 3.05) is 23.0 Å². The molecule has 14 heteroatoms. The van der Waals surface area contributed by atoms with E-state index in [1.807, 2.05) is 10.6 Å². The molecule has 0 amide bonds. The highest BCUT2D eigenvalue weighted by Gasteiger charge is 2.29. The minimum absolute atomic E-state index is 0.141. The van der Waals surface area contributed by atoms with Gasteiger partial charge in [-0.1, -0.05) is 34.5 Å². The minimum Gasteiger partial charge on any atom is -0.438 e. The second kappa shape index (κ2) is 10.2.